The van der Waals surface area contributed by atoms with E-state index in [1.54, 1.807) is 55.4 Å². The van der Waals surface area contributed by atoms with Gasteiger partial charge in [-0.3, -0.25) is 28.8 Å². The van der Waals surface area contributed by atoms with Crippen molar-refractivity contribution in [3.63, 3.8) is 0 Å². The summed E-state index contributed by atoms with van der Waals surface area (Å²) in [5.74, 6) is -3.55. The molecule has 0 aromatic heterocycles. The highest BCUT2D eigenvalue weighted by molar-refractivity contribution is 5.72. The summed E-state index contributed by atoms with van der Waals surface area (Å²) in [6.07, 6.45) is -9.25. The summed E-state index contributed by atoms with van der Waals surface area (Å²) in [4.78, 5) is 73.4. The van der Waals surface area contributed by atoms with Crippen molar-refractivity contribution in [1.82, 2.24) is 0 Å². The van der Waals surface area contributed by atoms with E-state index in [9.17, 15) is 28.8 Å². The molecule has 8 atom stereocenters. The average Bonchev–Trinajstić information content (AvgIpc) is 3.05. The molecule has 1 aliphatic heterocycles. The van der Waals surface area contributed by atoms with Crippen molar-refractivity contribution in [3.05, 3.63) is 0 Å². The molecular weight excluding hydrogens is 612 g/mol. The molecule has 0 N–H and O–H groups in total. The minimum atomic E-state index is -1.47. The maximum absolute atomic E-state index is 12.6. The Morgan fingerprint density at radius 3 is 1.50 bits per heavy atom. The number of rotatable bonds is 20. The van der Waals surface area contributed by atoms with Crippen LogP contribution in [0.25, 0.3) is 0 Å². The third kappa shape index (κ3) is 14.0. The van der Waals surface area contributed by atoms with E-state index < -0.39 is 91.4 Å². The van der Waals surface area contributed by atoms with Crippen molar-refractivity contribution >= 4 is 35.8 Å². The maximum atomic E-state index is 12.6. The lowest BCUT2D eigenvalue weighted by molar-refractivity contribution is -0.323. The number of carbonyl (C=O) groups is 6. The molecule has 1 heterocycles. The lowest BCUT2D eigenvalue weighted by Crippen LogP contribution is -2.63. The zero-order chi connectivity index (χ0) is 34.8. The summed E-state index contributed by atoms with van der Waals surface area (Å²) >= 11 is 0. The van der Waals surface area contributed by atoms with Crippen LogP contribution in [0.2, 0.25) is 0 Å². The lowest BCUT2D eigenvalue weighted by Gasteiger charge is -2.45. The molecule has 264 valence electrons. The molecular formula is C31H50O15. The molecule has 0 aromatic rings. The Kier molecular flexibility index (Phi) is 19.0. The van der Waals surface area contributed by atoms with Gasteiger partial charge in [-0.15, -0.1) is 0 Å². The van der Waals surface area contributed by atoms with E-state index in [-0.39, 0.29) is 51.7 Å². The van der Waals surface area contributed by atoms with Crippen molar-refractivity contribution in [2.24, 2.45) is 0 Å². The fourth-order valence-electron chi connectivity index (χ4n) is 4.02. The summed E-state index contributed by atoms with van der Waals surface area (Å²) in [6, 6.07) is 0. The van der Waals surface area contributed by atoms with Crippen LogP contribution in [0, 0.1) is 0 Å². The second-order valence-electron chi connectivity index (χ2n) is 10.4. The molecule has 1 aliphatic rings. The topological polar surface area (TPSA) is 185 Å². The Labute approximate surface area is 270 Å². The molecule has 15 heteroatoms. The molecule has 0 radical (unpaired) electrons. The van der Waals surface area contributed by atoms with E-state index in [0.717, 1.165) is 0 Å². The quantitative estimate of drug-likeness (QED) is 0.137. The van der Waals surface area contributed by atoms with Crippen LogP contribution in [0.5, 0.6) is 0 Å². The summed E-state index contributed by atoms with van der Waals surface area (Å²) in [5, 5.41) is 0. The van der Waals surface area contributed by atoms with Crippen molar-refractivity contribution < 1.29 is 71.4 Å². The molecule has 0 aromatic carbocycles. The molecule has 0 amide bonds. The van der Waals surface area contributed by atoms with Crippen molar-refractivity contribution in [1.29, 1.82) is 0 Å². The highest BCUT2D eigenvalue weighted by Crippen LogP contribution is 2.32. The van der Waals surface area contributed by atoms with Gasteiger partial charge in [0.15, 0.2) is 24.6 Å². The van der Waals surface area contributed by atoms with Crippen molar-refractivity contribution in [2.75, 3.05) is 19.8 Å². The average molecular weight is 663 g/mol. The van der Waals surface area contributed by atoms with Gasteiger partial charge >= 0.3 is 35.8 Å². The minimum Gasteiger partial charge on any atom is -0.463 e. The minimum absolute atomic E-state index is 0.0377. The Morgan fingerprint density at radius 2 is 1.00 bits per heavy atom. The van der Waals surface area contributed by atoms with Crippen LogP contribution < -0.4 is 0 Å². The van der Waals surface area contributed by atoms with Crippen LogP contribution in [-0.4, -0.2) is 105 Å². The van der Waals surface area contributed by atoms with E-state index in [1.165, 1.54) is 0 Å². The monoisotopic (exact) mass is 662 g/mol. The molecule has 1 fully saturated rings. The molecule has 46 heavy (non-hydrogen) atoms. The van der Waals surface area contributed by atoms with Gasteiger partial charge in [0.05, 0.1) is 12.2 Å². The standard InChI is InChI=1S/C31H50O15/c1-9-22(32)38-15-18(7)41-20(16-39-23(33)10-2)19(8)42-31-30(46-27(37)14-6)29(45-26(36)13-5)28(44-25(35)12-4)21(43-31)17-40-24(34)11-3/h18-21,28-31H,9-17H2,1-8H3/t18-,19-,20?,21?,28?,29?,30?,31?/m0/s1. The lowest BCUT2D eigenvalue weighted by atomic mass is 9.97. The zero-order valence-corrected chi connectivity index (χ0v) is 28.1. The highest BCUT2D eigenvalue weighted by Gasteiger charge is 2.53. The first-order valence-electron chi connectivity index (χ1n) is 15.8. The Balaban J connectivity index is 3.51. The van der Waals surface area contributed by atoms with Gasteiger partial charge in [-0.1, -0.05) is 41.5 Å². The molecule has 1 rings (SSSR count). The van der Waals surface area contributed by atoms with Gasteiger partial charge < -0.3 is 42.6 Å². The zero-order valence-electron chi connectivity index (χ0n) is 28.1. The Morgan fingerprint density at radius 1 is 0.565 bits per heavy atom. The SMILES string of the molecule is CCC(=O)OCC1OC(O[C@@H](C)C(COC(=O)CC)O[C@@H](C)COC(=O)CC)C(OC(=O)CC)C(OC(=O)CC)C1OC(=O)CC. The molecule has 1 saturated heterocycles. The van der Waals surface area contributed by atoms with Gasteiger partial charge in [-0.05, 0) is 13.8 Å². The molecule has 0 aliphatic carbocycles. The number of hydrogen-bond acceptors (Lipinski definition) is 15. The second kappa shape index (κ2) is 21.5. The number of hydrogen-bond donors (Lipinski definition) is 0. The van der Waals surface area contributed by atoms with E-state index in [2.05, 4.69) is 0 Å². The first-order chi connectivity index (χ1) is 21.8. The van der Waals surface area contributed by atoms with Gasteiger partial charge in [0, 0.05) is 38.5 Å². The molecule has 0 bridgehead atoms. The van der Waals surface area contributed by atoms with E-state index in [0.29, 0.717) is 0 Å². The van der Waals surface area contributed by atoms with Crippen LogP contribution in [-0.2, 0) is 71.4 Å². The molecule has 15 nitrogen and oxygen atoms in total. The van der Waals surface area contributed by atoms with Crippen LogP contribution >= 0.6 is 0 Å². The third-order valence-corrected chi connectivity index (χ3v) is 6.70. The van der Waals surface area contributed by atoms with Crippen molar-refractivity contribution in [3.8, 4) is 0 Å². The van der Waals surface area contributed by atoms with Gasteiger partial charge in [0.1, 0.15) is 32.0 Å². The maximum Gasteiger partial charge on any atom is 0.306 e. The molecule has 0 saturated carbocycles. The second-order valence-corrected chi connectivity index (χ2v) is 10.4. The van der Waals surface area contributed by atoms with Crippen LogP contribution in [0.4, 0.5) is 0 Å². The normalized spacial score (nSPS) is 22.8. The fraction of sp³-hybridized carbons (Fsp3) is 0.806. The van der Waals surface area contributed by atoms with Gasteiger partial charge in [-0.25, -0.2) is 0 Å². The largest absolute Gasteiger partial charge is 0.463 e. The summed E-state index contributed by atoms with van der Waals surface area (Å²) in [5.41, 5.74) is 0. The Bertz CT molecular complexity index is 998. The predicted octanol–water partition coefficient (Wildman–Crippen LogP) is 2.72. The van der Waals surface area contributed by atoms with Crippen LogP contribution in [0.3, 0.4) is 0 Å². The van der Waals surface area contributed by atoms with E-state index in [1.807, 2.05) is 0 Å². The first kappa shape index (κ1) is 40.7. The number of ether oxygens (including phenoxy) is 9. The summed E-state index contributed by atoms with van der Waals surface area (Å²) < 4.78 is 51.1. The van der Waals surface area contributed by atoms with Crippen molar-refractivity contribution in [2.45, 2.75) is 143 Å². The van der Waals surface area contributed by atoms with Crippen LogP contribution in [0.15, 0.2) is 0 Å². The predicted molar refractivity (Wildman–Crippen MR) is 158 cm³/mol. The van der Waals surface area contributed by atoms with Gasteiger partial charge in [0.2, 0.25) is 0 Å². The molecule has 6 unspecified atom stereocenters. The summed E-state index contributed by atoms with van der Waals surface area (Å²) in [7, 11) is 0. The number of carbonyl (C=O) groups excluding carboxylic acids is 6. The fourth-order valence-corrected chi connectivity index (χ4v) is 4.02. The molecule has 0 spiro atoms. The first-order valence-corrected chi connectivity index (χ1v) is 15.8. The van der Waals surface area contributed by atoms with Gasteiger partial charge in [0.25, 0.3) is 0 Å². The van der Waals surface area contributed by atoms with Crippen LogP contribution in [0.1, 0.15) is 93.9 Å². The Hall–Kier alpha value is -3.30. The van der Waals surface area contributed by atoms with Gasteiger partial charge in [-0.2, -0.15) is 0 Å². The van der Waals surface area contributed by atoms with E-state index in [4.69, 9.17) is 42.6 Å². The third-order valence-electron chi connectivity index (χ3n) is 6.70. The van der Waals surface area contributed by atoms with E-state index >= 15 is 0 Å². The smallest absolute Gasteiger partial charge is 0.306 e. The number of esters is 6. The summed E-state index contributed by atoms with van der Waals surface area (Å²) in [6.45, 7) is 12.0. The highest BCUT2D eigenvalue weighted by atomic mass is 16.7.